The van der Waals surface area contributed by atoms with Crippen molar-refractivity contribution in [2.24, 2.45) is 5.41 Å². The molecule has 0 aliphatic carbocycles. The minimum Gasteiger partial charge on any atom is -0.481 e. The van der Waals surface area contributed by atoms with E-state index in [1.807, 2.05) is 0 Å². The van der Waals surface area contributed by atoms with Gasteiger partial charge in [-0.3, -0.25) is 9.59 Å². The molecule has 1 aromatic carbocycles. The Balaban J connectivity index is 2.75. The molecular weight excluding hydrogens is 321 g/mol. The van der Waals surface area contributed by atoms with Crippen molar-refractivity contribution in [3.8, 4) is 0 Å². The number of rotatable bonds is 4. The number of carboxylic acids is 1. The number of aliphatic carboxylic acids is 1. The number of amides is 1. The molecule has 0 fully saturated rings. The van der Waals surface area contributed by atoms with Gasteiger partial charge in [0.05, 0.1) is 11.0 Å². The summed E-state index contributed by atoms with van der Waals surface area (Å²) in [5, 5.41) is 12.0. The number of benzene rings is 1. The quantitative estimate of drug-likeness (QED) is 0.889. The first-order valence-electron chi connectivity index (χ1n) is 5.20. The zero-order chi connectivity index (χ0) is 13.9. The molecule has 0 radical (unpaired) electrons. The summed E-state index contributed by atoms with van der Waals surface area (Å²) in [6.07, 6.45) is 0. The lowest BCUT2D eigenvalue weighted by Crippen LogP contribution is -2.39. The summed E-state index contributed by atoms with van der Waals surface area (Å²) in [4.78, 5) is 22.8. The molecule has 0 bridgehead atoms. The second-order valence-corrected chi connectivity index (χ2v) is 5.79. The number of nitrogens with one attached hydrogen (secondary N) is 1. The average molecular weight is 335 g/mol. The molecule has 0 spiro atoms. The number of carboxylic acid groups (broad SMARTS) is 1. The van der Waals surface area contributed by atoms with Gasteiger partial charge < -0.3 is 10.4 Å². The van der Waals surface area contributed by atoms with Crippen molar-refractivity contribution in [3.63, 3.8) is 0 Å². The van der Waals surface area contributed by atoms with E-state index in [1.165, 1.54) is 0 Å². The largest absolute Gasteiger partial charge is 0.481 e. The van der Waals surface area contributed by atoms with E-state index in [1.54, 1.807) is 32.0 Å². The third kappa shape index (κ3) is 3.71. The Kier molecular flexibility index (Phi) is 4.76. The maximum Gasteiger partial charge on any atom is 0.310 e. The van der Waals surface area contributed by atoms with Crippen molar-refractivity contribution in [3.05, 3.63) is 33.3 Å². The first kappa shape index (κ1) is 15.0. The van der Waals surface area contributed by atoms with Crippen LogP contribution in [0.25, 0.3) is 0 Å². The number of halogens is 2. The fourth-order valence-corrected chi connectivity index (χ4v) is 2.01. The zero-order valence-electron chi connectivity index (χ0n) is 9.96. The first-order valence-corrected chi connectivity index (χ1v) is 6.38. The second kappa shape index (κ2) is 5.71. The fraction of sp³-hybridized carbons (Fsp3) is 0.333. The lowest BCUT2D eigenvalue weighted by atomic mass is 9.94. The van der Waals surface area contributed by atoms with Crippen LogP contribution in [0, 0.1) is 5.41 Å². The maximum atomic E-state index is 11.9. The molecule has 4 nitrogen and oxygen atoms in total. The predicted molar refractivity (Wildman–Crippen MR) is 72.9 cm³/mol. The van der Waals surface area contributed by atoms with Gasteiger partial charge in [0.25, 0.3) is 5.91 Å². The zero-order valence-corrected chi connectivity index (χ0v) is 12.3. The molecule has 0 heterocycles. The van der Waals surface area contributed by atoms with Crippen LogP contribution in [0.3, 0.4) is 0 Å². The normalized spacial score (nSPS) is 11.1. The highest BCUT2D eigenvalue weighted by Gasteiger charge is 2.27. The number of carbonyl (C=O) groups excluding carboxylic acids is 1. The smallest absolute Gasteiger partial charge is 0.310 e. The van der Waals surface area contributed by atoms with Crippen molar-refractivity contribution >= 4 is 39.4 Å². The van der Waals surface area contributed by atoms with E-state index in [-0.39, 0.29) is 12.5 Å². The van der Waals surface area contributed by atoms with E-state index in [4.69, 9.17) is 16.7 Å². The van der Waals surface area contributed by atoms with Crippen LogP contribution in [-0.4, -0.2) is 23.5 Å². The van der Waals surface area contributed by atoms with E-state index in [0.29, 0.717) is 15.1 Å². The predicted octanol–water partition coefficient (Wildman–Crippen LogP) is 2.94. The van der Waals surface area contributed by atoms with Crippen molar-refractivity contribution in [1.82, 2.24) is 5.32 Å². The van der Waals surface area contributed by atoms with Crippen molar-refractivity contribution < 1.29 is 14.7 Å². The standard InChI is InChI=1S/C12H13BrClNO3/c1-12(2,11(17)18)6-15-10(16)8-4-3-7(14)5-9(8)13/h3-5H,6H2,1-2H3,(H,15,16)(H,17,18). The molecule has 6 heteroatoms. The van der Waals surface area contributed by atoms with Gasteiger partial charge in [-0.2, -0.15) is 0 Å². The molecule has 0 saturated heterocycles. The molecule has 1 amide bonds. The van der Waals surface area contributed by atoms with E-state index in [9.17, 15) is 9.59 Å². The van der Waals surface area contributed by atoms with Crippen LogP contribution in [0.15, 0.2) is 22.7 Å². The molecule has 0 aliphatic heterocycles. The summed E-state index contributed by atoms with van der Waals surface area (Å²) >= 11 is 9.01. The van der Waals surface area contributed by atoms with Gasteiger partial charge in [-0.15, -0.1) is 0 Å². The summed E-state index contributed by atoms with van der Waals surface area (Å²) in [6, 6.07) is 4.79. The van der Waals surface area contributed by atoms with E-state index < -0.39 is 11.4 Å². The summed E-state index contributed by atoms with van der Waals surface area (Å²) in [7, 11) is 0. The summed E-state index contributed by atoms with van der Waals surface area (Å²) in [5.41, 5.74) is -0.588. The molecule has 0 atom stereocenters. The third-order valence-corrected chi connectivity index (χ3v) is 3.34. The van der Waals surface area contributed by atoms with E-state index >= 15 is 0 Å². The maximum absolute atomic E-state index is 11.9. The van der Waals surface area contributed by atoms with Gasteiger partial charge in [0.2, 0.25) is 0 Å². The Morgan fingerprint density at radius 3 is 2.56 bits per heavy atom. The van der Waals surface area contributed by atoms with Crippen LogP contribution in [0.1, 0.15) is 24.2 Å². The molecule has 98 valence electrons. The van der Waals surface area contributed by atoms with Crippen LogP contribution >= 0.6 is 27.5 Å². The van der Waals surface area contributed by atoms with Gasteiger partial charge >= 0.3 is 5.97 Å². The molecule has 0 aromatic heterocycles. The van der Waals surface area contributed by atoms with Gasteiger partial charge in [0.15, 0.2) is 0 Å². The van der Waals surface area contributed by atoms with Crippen LogP contribution in [0.4, 0.5) is 0 Å². The van der Waals surface area contributed by atoms with E-state index in [0.717, 1.165) is 0 Å². The minimum atomic E-state index is -1.01. The SMILES string of the molecule is CC(C)(CNC(=O)c1ccc(Cl)cc1Br)C(=O)O. The second-order valence-electron chi connectivity index (χ2n) is 4.50. The molecule has 0 aliphatic rings. The highest BCUT2D eigenvalue weighted by molar-refractivity contribution is 9.10. The van der Waals surface area contributed by atoms with E-state index in [2.05, 4.69) is 21.2 Å². The Morgan fingerprint density at radius 1 is 1.44 bits per heavy atom. The molecule has 1 aromatic rings. The first-order chi connectivity index (χ1) is 8.24. The lowest BCUT2D eigenvalue weighted by molar-refractivity contribution is -0.146. The van der Waals surface area contributed by atoms with Gasteiger partial charge in [0.1, 0.15) is 0 Å². The topological polar surface area (TPSA) is 66.4 Å². The minimum absolute atomic E-state index is 0.0518. The van der Waals surface area contributed by atoms with Gasteiger partial charge in [0, 0.05) is 16.0 Å². The molecule has 18 heavy (non-hydrogen) atoms. The van der Waals surface area contributed by atoms with Crippen LogP contribution in [0.5, 0.6) is 0 Å². The van der Waals surface area contributed by atoms with Crippen molar-refractivity contribution in [2.75, 3.05) is 6.54 Å². The molecule has 2 N–H and O–H groups in total. The van der Waals surface area contributed by atoms with Crippen LogP contribution < -0.4 is 5.32 Å². The van der Waals surface area contributed by atoms with Crippen molar-refractivity contribution in [1.29, 1.82) is 0 Å². The van der Waals surface area contributed by atoms with Gasteiger partial charge in [-0.05, 0) is 48.0 Å². The number of carbonyl (C=O) groups is 2. The average Bonchev–Trinajstić information content (AvgIpc) is 2.25. The number of hydrogen-bond acceptors (Lipinski definition) is 2. The lowest BCUT2D eigenvalue weighted by Gasteiger charge is -2.19. The molecule has 0 saturated carbocycles. The van der Waals surface area contributed by atoms with Gasteiger partial charge in [-0.1, -0.05) is 11.6 Å². The highest BCUT2D eigenvalue weighted by atomic mass is 79.9. The highest BCUT2D eigenvalue weighted by Crippen LogP contribution is 2.22. The third-order valence-electron chi connectivity index (χ3n) is 2.45. The summed E-state index contributed by atoms with van der Waals surface area (Å²) in [5.74, 6) is -1.30. The van der Waals surface area contributed by atoms with Crippen LogP contribution in [0.2, 0.25) is 5.02 Å². The van der Waals surface area contributed by atoms with Crippen LogP contribution in [-0.2, 0) is 4.79 Å². The Morgan fingerprint density at radius 2 is 2.06 bits per heavy atom. The fourth-order valence-electron chi connectivity index (χ4n) is 1.15. The monoisotopic (exact) mass is 333 g/mol. The Labute approximate surface area is 118 Å². The molecule has 1 rings (SSSR count). The summed E-state index contributed by atoms with van der Waals surface area (Å²) < 4.78 is 0.570. The Bertz CT molecular complexity index is 488. The Hall–Kier alpha value is -1.07. The molecule has 0 unspecified atom stereocenters. The number of hydrogen-bond donors (Lipinski definition) is 2. The summed E-state index contributed by atoms with van der Waals surface area (Å²) in [6.45, 7) is 3.15. The van der Waals surface area contributed by atoms with Crippen molar-refractivity contribution in [2.45, 2.75) is 13.8 Å². The molecular formula is C12H13BrClNO3. The van der Waals surface area contributed by atoms with Gasteiger partial charge in [-0.25, -0.2) is 0 Å².